The van der Waals surface area contributed by atoms with Gasteiger partial charge in [-0.05, 0) is 32.0 Å². The molecular formula is C20H20N4O3. The van der Waals surface area contributed by atoms with Gasteiger partial charge < -0.3 is 14.4 Å². The second kappa shape index (κ2) is 7.46. The monoisotopic (exact) mass is 364 g/mol. The maximum atomic E-state index is 12.8. The highest BCUT2D eigenvalue weighted by molar-refractivity contribution is 6.02. The van der Waals surface area contributed by atoms with Crippen molar-refractivity contribution in [1.29, 1.82) is 5.26 Å². The zero-order valence-electron chi connectivity index (χ0n) is 15.3. The summed E-state index contributed by atoms with van der Waals surface area (Å²) in [6, 6.07) is 11.6. The molecule has 0 bridgehead atoms. The van der Waals surface area contributed by atoms with Crippen LogP contribution in [0.5, 0.6) is 0 Å². The lowest BCUT2D eigenvalue weighted by atomic mass is 10.1. The van der Waals surface area contributed by atoms with Crippen molar-refractivity contribution in [2.24, 2.45) is 0 Å². The van der Waals surface area contributed by atoms with Crippen molar-refractivity contribution in [3.63, 3.8) is 0 Å². The molecule has 0 spiro atoms. The largest absolute Gasteiger partial charge is 0.325 e. The Morgan fingerprint density at radius 1 is 1.26 bits per heavy atom. The topological polar surface area (TPSA) is 86.4 Å². The first kappa shape index (κ1) is 18.4. The van der Waals surface area contributed by atoms with Gasteiger partial charge in [0.25, 0.3) is 11.5 Å². The minimum absolute atomic E-state index is 0.101. The average molecular weight is 364 g/mol. The van der Waals surface area contributed by atoms with Crippen molar-refractivity contribution in [1.82, 2.24) is 9.47 Å². The third-order valence-corrected chi connectivity index (χ3v) is 4.75. The van der Waals surface area contributed by atoms with Crippen molar-refractivity contribution in [2.45, 2.75) is 26.4 Å². The number of nitriles is 1. The SMILES string of the molecule is CCn1ccc(C(=O)N2CC(=O)N(c3ccccc3C#N)CC2C)cc1=O. The zero-order chi connectivity index (χ0) is 19.6. The lowest BCUT2D eigenvalue weighted by Crippen LogP contribution is -2.57. The number of carbonyl (C=O) groups is 2. The van der Waals surface area contributed by atoms with E-state index in [2.05, 4.69) is 6.07 Å². The van der Waals surface area contributed by atoms with E-state index in [9.17, 15) is 19.6 Å². The summed E-state index contributed by atoms with van der Waals surface area (Å²) in [6.07, 6.45) is 1.58. The van der Waals surface area contributed by atoms with Crippen LogP contribution in [0.4, 0.5) is 5.69 Å². The smallest absolute Gasteiger partial charge is 0.254 e. The Morgan fingerprint density at radius 3 is 2.67 bits per heavy atom. The molecule has 2 amide bonds. The molecule has 27 heavy (non-hydrogen) atoms. The maximum absolute atomic E-state index is 12.8. The fraction of sp³-hybridized carbons (Fsp3) is 0.300. The van der Waals surface area contributed by atoms with Crippen molar-refractivity contribution in [2.75, 3.05) is 18.0 Å². The minimum Gasteiger partial charge on any atom is -0.325 e. The molecule has 2 aromatic rings. The molecule has 1 saturated heterocycles. The molecule has 1 aromatic carbocycles. The van der Waals surface area contributed by atoms with Crippen molar-refractivity contribution in [3.05, 3.63) is 64.1 Å². The summed E-state index contributed by atoms with van der Waals surface area (Å²) in [5.41, 5.74) is 0.995. The second-order valence-corrected chi connectivity index (χ2v) is 6.46. The highest BCUT2D eigenvalue weighted by Gasteiger charge is 2.34. The molecule has 1 fully saturated rings. The third kappa shape index (κ3) is 3.47. The Kier molecular flexibility index (Phi) is 5.08. The molecule has 1 atom stereocenters. The van der Waals surface area contributed by atoms with Crippen LogP contribution in [0.15, 0.2) is 47.4 Å². The molecule has 3 rings (SSSR count). The van der Waals surface area contributed by atoms with Gasteiger partial charge >= 0.3 is 0 Å². The van der Waals surface area contributed by atoms with Crippen LogP contribution >= 0.6 is 0 Å². The summed E-state index contributed by atoms with van der Waals surface area (Å²) in [5, 5.41) is 9.27. The summed E-state index contributed by atoms with van der Waals surface area (Å²) in [7, 11) is 0. The standard InChI is InChI=1S/C20H20N4O3/c1-3-22-9-8-15(10-18(22)25)20(27)23-13-19(26)24(12-14(23)2)17-7-5-4-6-16(17)11-21/h4-10,14H,3,12-13H2,1-2H3. The lowest BCUT2D eigenvalue weighted by molar-refractivity contribution is -0.121. The van der Waals surface area contributed by atoms with Gasteiger partial charge in [0.15, 0.2) is 0 Å². The second-order valence-electron chi connectivity index (χ2n) is 6.46. The van der Waals surface area contributed by atoms with Crippen LogP contribution in [0.2, 0.25) is 0 Å². The molecule has 7 heteroatoms. The molecule has 138 valence electrons. The van der Waals surface area contributed by atoms with Gasteiger partial charge in [-0.2, -0.15) is 5.26 Å². The number of hydrogen-bond donors (Lipinski definition) is 0. The molecule has 1 aromatic heterocycles. The Balaban J connectivity index is 1.84. The van der Waals surface area contributed by atoms with E-state index in [0.29, 0.717) is 17.8 Å². The van der Waals surface area contributed by atoms with Crippen LogP contribution in [-0.2, 0) is 11.3 Å². The molecule has 1 aliphatic heterocycles. The molecule has 1 unspecified atom stereocenters. The van der Waals surface area contributed by atoms with Gasteiger partial charge in [0.1, 0.15) is 12.6 Å². The van der Waals surface area contributed by atoms with Crippen LogP contribution in [0, 0.1) is 11.3 Å². The molecule has 2 heterocycles. The number of hydrogen-bond acceptors (Lipinski definition) is 4. The van der Waals surface area contributed by atoms with Crippen LogP contribution in [0.3, 0.4) is 0 Å². The van der Waals surface area contributed by atoms with E-state index in [-0.39, 0.29) is 42.1 Å². The first-order valence-electron chi connectivity index (χ1n) is 8.77. The summed E-state index contributed by atoms with van der Waals surface area (Å²) in [6.45, 7) is 4.41. The van der Waals surface area contributed by atoms with Gasteiger partial charge in [0, 0.05) is 37.0 Å². The first-order valence-corrected chi connectivity index (χ1v) is 8.77. The van der Waals surface area contributed by atoms with Crippen molar-refractivity contribution >= 4 is 17.5 Å². The summed E-state index contributed by atoms with van der Waals surface area (Å²) in [5.74, 6) is -0.601. The highest BCUT2D eigenvalue weighted by atomic mass is 16.2. The van der Waals surface area contributed by atoms with E-state index in [1.807, 2.05) is 13.8 Å². The van der Waals surface area contributed by atoms with Gasteiger partial charge in [0.05, 0.1) is 11.3 Å². The zero-order valence-corrected chi connectivity index (χ0v) is 15.3. The third-order valence-electron chi connectivity index (χ3n) is 4.75. The molecule has 0 saturated carbocycles. The Bertz CT molecular complexity index is 989. The summed E-state index contributed by atoms with van der Waals surface area (Å²) in [4.78, 5) is 40.5. The molecule has 0 aliphatic carbocycles. The number of nitrogens with zero attached hydrogens (tertiary/aromatic N) is 4. The van der Waals surface area contributed by atoms with E-state index in [1.165, 1.54) is 15.5 Å². The van der Waals surface area contributed by atoms with E-state index in [4.69, 9.17) is 0 Å². The van der Waals surface area contributed by atoms with E-state index < -0.39 is 0 Å². The quantitative estimate of drug-likeness (QED) is 0.828. The van der Waals surface area contributed by atoms with Gasteiger partial charge in [-0.1, -0.05) is 12.1 Å². The molecule has 0 radical (unpaired) electrons. The molecule has 1 aliphatic rings. The number of benzene rings is 1. The summed E-state index contributed by atoms with van der Waals surface area (Å²) < 4.78 is 1.50. The fourth-order valence-electron chi connectivity index (χ4n) is 3.23. The fourth-order valence-corrected chi connectivity index (χ4v) is 3.23. The Labute approximate surface area is 157 Å². The molecule has 7 nitrogen and oxygen atoms in total. The maximum Gasteiger partial charge on any atom is 0.254 e. The molecule has 0 N–H and O–H groups in total. The van der Waals surface area contributed by atoms with E-state index >= 15 is 0 Å². The number of aryl methyl sites for hydroxylation is 1. The molecular weight excluding hydrogens is 344 g/mol. The number of aromatic nitrogens is 1. The number of piperazine rings is 1. The number of anilines is 1. The van der Waals surface area contributed by atoms with Gasteiger partial charge in [0.2, 0.25) is 5.91 Å². The summed E-state index contributed by atoms with van der Waals surface area (Å²) >= 11 is 0. The van der Waals surface area contributed by atoms with Crippen LogP contribution in [0.25, 0.3) is 0 Å². The van der Waals surface area contributed by atoms with Crippen molar-refractivity contribution < 1.29 is 9.59 Å². The lowest BCUT2D eigenvalue weighted by Gasteiger charge is -2.39. The average Bonchev–Trinajstić information content (AvgIpc) is 2.68. The van der Waals surface area contributed by atoms with Crippen LogP contribution < -0.4 is 10.5 Å². The van der Waals surface area contributed by atoms with Crippen LogP contribution in [0.1, 0.15) is 29.8 Å². The number of carbonyl (C=O) groups excluding carboxylic acids is 2. The first-order chi connectivity index (χ1) is 13.0. The van der Waals surface area contributed by atoms with Crippen molar-refractivity contribution in [3.8, 4) is 6.07 Å². The normalized spacial score (nSPS) is 16.9. The number of amides is 2. The Hall–Kier alpha value is -3.40. The van der Waals surface area contributed by atoms with E-state index in [1.54, 1.807) is 41.4 Å². The van der Waals surface area contributed by atoms with E-state index in [0.717, 1.165) is 0 Å². The Morgan fingerprint density at radius 2 is 2.00 bits per heavy atom. The number of rotatable bonds is 3. The highest BCUT2D eigenvalue weighted by Crippen LogP contribution is 2.24. The van der Waals surface area contributed by atoms with Gasteiger partial charge in [-0.3, -0.25) is 14.4 Å². The van der Waals surface area contributed by atoms with Gasteiger partial charge in [-0.25, -0.2) is 0 Å². The van der Waals surface area contributed by atoms with Gasteiger partial charge in [-0.15, -0.1) is 0 Å². The van der Waals surface area contributed by atoms with Crippen LogP contribution in [-0.4, -0.2) is 40.4 Å². The predicted molar refractivity (Wildman–Crippen MR) is 100 cm³/mol. The minimum atomic E-state index is -0.343. The number of pyridine rings is 1. The predicted octanol–water partition coefficient (Wildman–Crippen LogP) is 1.62. The number of para-hydroxylation sites is 1.